The van der Waals surface area contributed by atoms with Gasteiger partial charge in [0.15, 0.2) is 0 Å². The molecule has 3 heterocycles. The second-order valence-electron chi connectivity index (χ2n) is 9.83. The Morgan fingerprint density at radius 2 is 1.52 bits per heavy atom. The van der Waals surface area contributed by atoms with Gasteiger partial charge < -0.3 is 0 Å². The summed E-state index contributed by atoms with van der Waals surface area (Å²) in [6.45, 7) is 2.20. The Bertz CT molecular complexity index is 1770. The van der Waals surface area contributed by atoms with Crippen LogP contribution in [-0.4, -0.2) is 17.8 Å². The number of para-hydroxylation sites is 1. The van der Waals surface area contributed by atoms with Gasteiger partial charge in [0.1, 0.15) is 0 Å². The number of hydrogen-bond acceptors (Lipinski definition) is 1. The fourth-order valence-corrected chi connectivity index (χ4v) is 12.0. The molecule has 2 aromatic heterocycles. The Kier molecular flexibility index (Phi) is 3.71. The van der Waals surface area contributed by atoms with Crippen LogP contribution in [0.2, 0.25) is 11.5 Å². The molecule has 0 aliphatic carbocycles. The number of fused-ring (bicyclic) bond motifs is 8. The molecule has 0 fully saturated rings. The third-order valence-corrected chi connectivity index (χ3v) is 14.7. The molecule has 0 N–H and O–H groups in total. The van der Waals surface area contributed by atoms with Gasteiger partial charge in [0.25, 0.3) is 0 Å². The number of hydrogen-bond donors (Lipinski definition) is 0. The number of imidazole rings is 1. The summed E-state index contributed by atoms with van der Waals surface area (Å²) in [7, 11) is 2.18. The first kappa shape index (κ1) is 19.2. The standard InChI is InChI=1S/C29H25GeN2O/c1-18-13-15-22-21-16-14-19-9-5-6-10-20(19)27(21)33-28(22)26(18)29-31(4)17-25-30(2,3)23-11-7-8-12-24(23)32(25)29/h5-17H,1-4H3/q+1. The van der Waals surface area contributed by atoms with E-state index in [4.69, 9.17) is 4.42 Å². The van der Waals surface area contributed by atoms with E-state index in [0.717, 1.165) is 11.2 Å². The molecule has 0 atom stereocenters. The first-order valence-electron chi connectivity index (χ1n) is 11.5. The van der Waals surface area contributed by atoms with Crippen molar-refractivity contribution in [2.24, 2.45) is 7.05 Å². The van der Waals surface area contributed by atoms with Crippen molar-refractivity contribution < 1.29 is 8.98 Å². The van der Waals surface area contributed by atoms with Gasteiger partial charge in [-0.3, -0.25) is 0 Å². The molecule has 160 valence electrons. The van der Waals surface area contributed by atoms with E-state index in [-0.39, 0.29) is 0 Å². The molecule has 0 spiro atoms. The van der Waals surface area contributed by atoms with E-state index in [1.165, 1.54) is 48.7 Å². The molecule has 1 aliphatic heterocycles. The first-order valence-corrected chi connectivity index (χ1v) is 17.8. The number of aromatic nitrogens is 2. The molecule has 0 bridgehead atoms. The monoisotopic (exact) mass is 491 g/mol. The van der Waals surface area contributed by atoms with Crippen LogP contribution in [0, 0.1) is 6.92 Å². The summed E-state index contributed by atoms with van der Waals surface area (Å²) < 4.78 is 14.6. The molecule has 0 saturated carbocycles. The predicted molar refractivity (Wildman–Crippen MR) is 139 cm³/mol. The summed E-state index contributed by atoms with van der Waals surface area (Å²) in [6.07, 6.45) is 2.37. The van der Waals surface area contributed by atoms with Crippen LogP contribution < -0.4 is 13.5 Å². The number of furan rings is 1. The Labute approximate surface area is 195 Å². The number of nitrogens with zero attached hydrogens (tertiary/aromatic N) is 2. The van der Waals surface area contributed by atoms with Crippen LogP contribution in [0.5, 0.6) is 0 Å². The van der Waals surface area contributed by atoms with Gasteiger partial charge in [-0.25, -0.2) is 0 Å². The summed E-state index contributed by atoms with van der Waals surface area (Å²) in [6, 6.07) is 26.3. The van der Waals surface area contributed by atoms with Gasteiger partial charge in [-0.1, -0.05) is 0 Å². The van der Waals surface area contributed by atoms with E-state index in [0.29, 0.717) is 0 Å². The molecule has 4 aromatic carbocycles. The summed E-state index contributed by atoms with van der Waals surface area (Å²) in [5.74, 6) is 6.21. The molecular weight excluding hydrogens is 465 g/mol. The second kappa shape index (κ2) is 6.39. The Hall–Kier alpha value is -3.31. The van der Waals surface area contributed by atoms with Crippen molar-refractivity contribution in [1.82, 2.24) is 4.57 Å². The number of rotatable bonds is 1. The number of aryl methyl sites for hydroxylation is 2. The molecule has 7 rings (SSSR count). The minimum absolute atomic E-state index is 0.976. The van der Waals surface area contributed by atoms with Crippen molar-refractivity contribution in [3.8, 4) is 17.1 Å². The van der Waals surface area contributed by atoms with Crippen LogP contribution in [-0.2, 0) is 7.05 Å². The molecule has 0 amide bonds. The zero-order valence-corrected chi connectivity index (χ0v) is 21.4. The summed E-state index contributed by atoms with van der Waals surface area (Å²) in [5, 5.41) is 4.74. The van der Waals surface area contributed by atoms with Crippen molar-refractivity contribution in [3.05, 3.63) is 84.6 Å². The van der Waals surface area contributed by atoms with E-state index in [9.17, 15) is 0 Å². The molecule has 33 heavy (non-hydrogen) atoms. The van der Waals surface area contributed by atoms with Crippen molar-refractivity contribution in [2.45, 2.75) is 18.4 Å². The molecule has 4 heteroatoms. The maximum absolute atomic E-state index is 6.74. The molecule has 3 nitrogen and oxygen atoms in total. The molecule has 1 aliphatic rings. The van der Waals surface area contributed by atoms with Gasteiger partial charge in [-0.05, 0) is 0 Å². The zero-order chi connectivity index (χ0) is 22.5. The minimum atomic E-state index is -2.36. The van der Waals surface area contributed by atoms with Crippen molar-refractivity contribution >= 4 is 54.9 Å². The Morgan fingerprint density at radius 1 is 0.788 bits per heavy atom. The van der Waals surface area contributed by atoms with Crippen LogP contribution >= 0.6 is 0 Å². The van der Waals surface area contributed by atoms with Gasteiger partial charge in [0.05, 0.1) is 0 Å². The summed E-state index contributed by atoms with van der Waals surface area (Å²) >= 11 is -2.36. The molecule has 6 aromatic rings. The summed E-state index contributed by atoms with van der Waals surface area (Å²) in [4.78, 5) is 0. The maximum atomic E-state index is 6.74. The van der Waals surface area contributed by atoms with Crippen LogP contribution in [0.15, 0.2) is 83.4 Å². The van der Waals surface area contributed by atoms with Crippen molar-refractivity contribution in [1.29, 1.82) is 0 Å². The normalized spacial score (nSPS) is 14.3. The van der Waals surface area contributed by atoms with E-state index in [1.807, 2.05) is 0 Å². The van der Waals surface area contributed by atoms with Gasteiger partial charge in [-0.15, -0.1) is 0 Å². The number of benzene rings is 4. The third-order valence-electron chi connectivity index (χ3n) is 7.52. The zero-order valence-electron chi connectivity index (χ0n) is 19.3. The van der Waals surface area contributed by atoms with Crippen LogP contribution in [0.25, 0.3) is 49.8 Å². The van der Waals surface area contributed by atoms with Crippen molar-refractivity contribution in [2.75, 3.05) is 0 Å². The summed E-state index contributed by atoms with van der Waals surface area (Å²) in [5.41, 5.74) is 5.72. The predicted octanol–water partition coefficient (Wildman–Crippen LogP) is 5.47. The first-order chi connectivity index (χ1) is 16.0. The van der Waals surface area contributed by atoms with Gasteiger partial charge >= 0.3 is 196 Å². The van der Waals surface area contributed by atoms with E-state index >= 15 is 0 Å². The van der Waals surface area contributed by atoms with Gasteiger partial charge in [0, 0.05) is 0 Å². The molecule has 0 saturated heterocycles. The van der Waals surface area contributed by atoms with Crippen LogP contribution in [0.1, 0.15) is 5.56 Å². The average molecular weight is 490 g/mol. The quantitative estimate of drug-likeness (QED) is 0.222. The third kappa shape index (κ3) is 2.38. The van der Waals surface area contributed by atoms with E-state index in [1.54, 1.807) is 4.40 Å². The van der Waals surface area contributed by atoms with Crippen LogP contribution in [0.3, 0.4) is 0 Å². The topological polar surface area (TPSA) is 21.9 Å². The van der Waals surface area contributed by atoms with Gasteiger partial charge in [0.2, 0.25) is 0 Å². The molecule has 0 radical (unpaired) electrons. The van der Waals surface area contributed by atoms with Crippen LogP contribution in [0.4, 0.5) is 0 Å². The fourth-order valence-electron chi connectivity index (χ4n) is 5.83. The molecule has 0 unspecified atom stereocenters. The van der Waals surface area contributed by atoms with Crippen molar-refractivity contribution in [3.63, 3.8) is 0 Å². The Balaban J connectivity index is 1.63. The van der Waals surface area contributed by atoms with E-state index in [2.05, 4.69) is 114 Å². The molecular formula is C29H25GeN2O+. The SMILES string of the molecule is Cc1ccc2c(oc3c4ccccc4ccc23)c1-c1n2[c](c[n+]1C)[Ge]([CH3])([CH3])[c]1ccccc1-2. The Morgan fingerprint density at radius 3 is 2.39 bits per heavy atom. The second-order valence-corrected chi connectivity index (χ2v) is 18.8. The van der Waals surface area contributed by atoms with E-state index < -0.39 is 13.3 Å². The van der Waals surface area contributed by atoms with Gasteiger partial charge in [-0.2, -0.15) is 0 Å². The average Bonchev–Trinajstić information content (AvgIpc) is 3.43. The fraction of sp³-hybridized carbons (Fsp3) is 0.138.